The molecule has 0 aromatic carbocycles. The lowest BCUT2D eigenvalue weighted by molar-refractivity contribution is -0.139. The lowest BCUT2D eigenvalue weighted by Crippen LogP contribution is -2.50. The summed E-state index contributed by atoms with van der Waals surface area (Å²) in [7, 11) is 0. The summed E-state index contributed by atoms with van der Waals surface area (Å²) in [4.78, 5) is 48.8. The van der Waals surface area contributed by atoms with E-state index in [9.17, 15) is 19.2 Å². The maximum Gasteiger partial charge on any atom is 0.258 e. The Labute approximate surface area is 155 Å². The predicted octanol–water partition coefficient (Wildman–Crippen LogP) is -0.985. The van der Waals surface area contributed by atoms with Gasteiger partial charge < -0.3 is 10.6 Å². The molecule has 2 fully saturated rings. The number of rotatable bonds is 2. The van der Waals surface area contributed by atoms with Crippen LogP contribution in [0.1, 0.15) is 19.3 Å². The van der Waals surface area contributed by atoms with E-state index >= 15 is 0 Å². The van der Waals surface area contributed by atoms with E-state index in [0.717, 1.165) is 25.3 Å². The fraction of sp³-hybridized carbons (Fsp3) is 0.474. The zero-order chi connectivity index (χ0) is 18.8. The Morgan fingerprint density at radius 2 is 1.89 bits per heavy atom. The van der Waals surface area contributed by atoms with E-state index in [1.165, 1.54) is 5.57 Å². The summed E-state index contributed by atoms with van der Waals surface area (Å²) in [6, 6.07) is 0. The molecule has 0 saturated carbocycles. The van der Waals surface area contributed by atoms with Gasteiger partial charge in [0.15, 0.2) is 0 Å². The van der Waals surface area contributed by atoms with Crippen molar-refractivity contribution in [2.75, 3.05) is 19.6 Å². The first-order chi connectivity index (χ1) is 13.0. The maximum absolute atomic E-state index is 12.8. The zero-order valence-corrected chi connectivity index (χ0v) is 14.7. The molecule has 0 aromatic heterocycles. The van der Waals surface area contributed by atoms with Crippen LogP contribution in [0.15, 0.2) is 34.6 Å². The Bertz CT molecular complexity index is 899. The number of amides is 4. The third-order valence-corrected chi connectivity index (χ3v) is 6.46. The topological polar surface area (TPSA) is 116 Å². The minimum Gasteiger partial charge on any atom is -0.387 e. The summed E-state index contributed by atoms with van der Waals surface area (Å²) in [6.07, 6.45) is 4.55. The Hall–Kier alpha value is -2.74. The molecule has 5 rings (SSSR count). The van der Waals surface area contributed by atoms with Gasteiger partial charge in [-0.15, -0.1) is 0 Å². The van der Waals surface area contributed by atoms with E-state index in [1.807, 2.05) is 6.08 Å². The first kappa shape index (κ1) is 16.4. The molecular weight excluding hydrogens is 348 g/mol. The van der Waals surface area contributed by atoms with Gasteiger partial charge in [0.05, 0.1) is 5.92 Å². The fourth-order valence-electron chi connectivity index (χ4n) is 5.15. The molecular formula is C19H20N4O4. The summed E-state index contributed by atoms with van der Waals surface area (Å²) < 4.78 is 0. The zero-order valence-electron chi connectivity index (χ0n) is 14.7. The Kier molecular flexibility index (Phi) is 3.42. The molecule has 3 atom stereocenters. The number of carbonyl (C=O) groups is 4. The molecule has 4 amide bonds. The lowest BCUT2D eigenvalue weighted by atomic mass is 9.62. The molecule has 0 bridgehead atoms. The van der Waals surface area contributed by atoms with E-state index < -0.39 is 11.3 Å². The first-order valence-electron chi connectivity index (χ1n) is 9.29. The number of fused-ring (bicyclic) bond motifs is 1. The second-order valence-corrected chi connectivity index (χ2v) is 7.84. The fourth-order valence-corrected chi connectivity index (χ4v) is 5.15. The van der Waals surface area contributed by atoms with Crippen molar-refractivity contribution in [3.8, 4) is 0 Å². The van der Waals surface area contributed by atoms with Crippen molar-refractivity contribution >= 4 is 23.6 Å². The normalized spacial score (nSPS) is 35.3. The Morgan fingerprint density at radius 3 is 2.70 bits per heavy atom. The van der Waals surface area contributed by atoms with Crippen molar-refractivity contribution in [1.82, 2.24) is 21.3 Å². The van der Waals surface area contributed by atoms with Crippen LogP contribution in [-0.4, -0.2) is 43.3 Å². The highest BCUT2D eigenvalue weighted by Crippen LogP contribution is 2.51. The molecule has 4 aliphatic heterocycles. The smallest absolute Gasteiger partial charge is 0.258 e. The molecule has 0 aromatic rings. The molecule has 8 nitrogen and oxygen atoms in total. The first-order valence-corrected chi connectivity index (χ1v) is 9.29. The third-order valence-electron chi connectivity index (χ3n) is 6.46. The van der Waals surface area contributed by atoms with Crippen molar-refractivity contribution in [2.24, 2.45) is 17.3 Å². The van der Waals surface area contributed by atoms with E-state index in [0.29, 0.717) is 23.5 Å². The molecule has 5 aliphatic rings. The minimum absolute atomic E-state index is 0.266. The van der Waals surface area contributed by atoms with Crippen LogP contribution in [0.2, 0.25) is 0 Å². The molecule has 0 radical (unpaired) electrons. The van der Waals surface area contributed by atoms with Crippen LogP contribution < -0.4 is 21.3 Å². The van der Waals surface area contributed by atoms with E-state index in [4.69, 9.17) is 0 Å². The molecule has 27 heavy (non-hydrogen) atoms. The van der Waals surface area contributed by atoms with Crippen LogP contribution in [0, 0.1) is 17.3 Å². The highest BCUT2D eigenvalue weighted by molar-refractivity contribution is 6.21. The summed E-state index contributed by atoms with van der Waals surface area (Å²) in [5.74, 6) is -1.46. The minimum atomic E-state index is -0.748. The standard InChI is InChI=1S/C19H20N4O4/c24-14-2-1-13(18(27)22-14)19(15-12-8-20-6-9(12)7-21-15)4-3-10-11(5-19)17(26)23-16(10)25/h3-4,9,13,20-21H,1-2,5-8H2,(H,22,24,27)(H,23,25,26). The average molecular weight is 368 g/mol. The van der Waals surface area contributed by atoms with E-state index in [1.54, 1.807) is 6.08 Å². The van der Waals surface area contributed by atoms with Crippen LogP contribution in [0.5, 0.6) is 0 Å². The largest absolute Gasteiger partial charge is 0.387 e. The quantitative estimate of drug-likeness (QED) is 0.466. The van der Waals surface area contributed by atoms with Crippen LogP contribution in [-0.2, 0) is 19.2 Å². The van der Waals surface area contributed by atoms with Crippen molar-refractivity contribution in [2.45, 2.75) is 19.3 Å². The molecule has 8 heteroatoms. The highest BCUT2D eigenvalue weighted by atomic mass is 16.2. The third kappa shape index (κ3) is 2.26. The highest BCUT2D eigenvalue weighted by Gasteiger charge is 2.53. The van der Waals surface area contributed by atoms with Gasteiger partial charge in [0, 0.05) is 54.2 Å². The Morgan fingerprint density at radius 1 is 1.04 bits per heavy atom. The molecule has 3 unspecified atom stereocenters. The summed E-state index contributed by atoms with van der Waals surface area (Å²) in [6.45, 7) is 2.42. The van der Waals surface area contributed by atoms with Gasteiger partial charge in [-0.1, -0.05) is 12.2 Å². The monoisotopic (exact) mass is 368 g/mol. The number of imide groups is 2. The van der Waals surface area contributed by atoms with Gasteiger partial charge in [0.2, 0.25) is 11.8 Å². The predicted molar refractivity (Wildman–Crippen MR) is 93.6 cm³/mol. The van der Waals surface area contributed by atoms with Crippen LogP contribution in [0.4, 0.5) is 0 Å². The van der Waals surface area contributed by atoms with Gasteiger partial charge in [0.1, 0.15) is 0 Å². The van der Waals surface area contributed by atoms with Gasteiger partial charge in [0.25, 0.3) is 11.8 Å². The van der Waals surface area contributed by atoms with Gasteiger partial charge in [-0.2, -0.15) is 0 Å². The number of allylic oxidation sites excluding steroid dienone is 1. The van der Waals surface area contributed by atoms with Gasteiger partial charge in [-0.05, 0) is 18.4 Å². The lowest BCUT2D eigenvalue weighted by Gasteiger charge is -2.42. The molecule has 2 saturated heterocycles. The molecule has 4 heterocycles. The molecule has 0 spiro atoms. The van der Waals surface area contributed by atoms with E-state index in [-0.39, 0.29) is 36.5 Å². The van der Waals surface area contributed by atoms with Crippen molar-refractivity contribution in [1.29, 1.82) is 0 Å². The van der Waals surface area contributed by atoms with Gasteiger partial charge in [-0.25, -0.2) is 0 Å². The summed E-state index contributed by atoms with van der Waals surface area (Å²) in [5.41, 5.74) is 2.27. The maximum atomic E-state index is 12.8. The number of nitrogens with one attached hydrogen (secondary N) is 4. The number of carbonyl (C=O) groups excluding carboxylic acids is 4. The summed E-state index contributed by atoms with van der Waals surface area (Å²) >= 11 is 0. The second kappa shape index (κ2) is 5.63. The van der Waals surface area contributed by atoms with Crippen molar-refractivity contribution < 1.29 is 19.2 Å². The number of hydrogen-bond donors (Lipinski definition) is 4. The van der Waals surface area contributed by atoms with Crippen molar-refractivity contribution in [3.05, 3.63) is 34.6 Å². The number of piperidine rings is 1. The van der Waals surface area contributed by atoms with Crippen LogP contribution in [0.3, 0.4) is 0 Å². The van der Waals surface area contributed by atoms with Gasteiger partial charge in [-0.3, -0.25) is 29.8 Å². The van der Waals surface area contributed by atoms with Crippen molar-refractivity contribution in [3.63, 3.8) is 0 Å². The molecule has 1 aliphatic carbocycles. The average Bonchev–Trinajstić information content (AvgIpc) is 3.30. The summed E-state index contributed by atoms with van der Waals surface area (Å²) in [5, 5.41) is 11.7. The second-order valence-electron chi connectivity index (χ2n) is 7.84. The van der Waals surface area contributed by atoms with E-state index in [2.05, 4.69) is 21.3 Å². The molecule has 140 valence electrons. The molecule has 4 N–H and O–H groups in total. The number of hydrogen-bond acceptors (Lipinski definition) is 6. The van der Waals surface area contributed by atoms with Gasteiger partial charge >= 0.3 is 0 Å². The van der Waals surface area contributed by atoms with Crippen LogP contribution >= 0.6 is 0 Å². The SMILES string of the molecule is O=C1CCC(C2(C3=C4CNCC4CN3)C=CC3=C(C2)C(=O)NC3=O)C(=O)N1. The Balaban J connectivity index is 1.63. The van der Waals surface area contributed by atoms with Crippen LogP contribution in [0.25, 0.3) is 0 Å².